The number of hydrogen-bond acceptors (Lipinski definition) is 8. The van der Waals surface area contributed by atoms with E-state index >= 15 is 0 Å². The number of carbonyl (C=O) groups excluding carboxylic acids is 1. The minimum absolute atomic E-state index is 0.294. The number of nitrogens with zero attached hydrogens (tertiary/aromatic N) is 5. The molecule has 0 atom stereocenters. The van der Waals surface area contributed by atoms with Crippen molar-refractivity contribution in [3.63, 3.8) is 0 Å². The summed E-state index contributed by atoms with van der Waals surface area (Å²) in [5.41, 5.74) is 3.54. The van der Waals surface area contributed by atoms with Crippen molar-refractivity contribution < 1.29 is 4.79 Å². The lowest BCUT2D eigenvalue weighted by molar-refractivity contribution is 0.102. The predicted molar refractivity (Wildman–Crippen MR) is 160 cm³/mol. The van der Waals surface area contributed by atoms with Gasteiger partial charge in [0.1, 0.15) is 26.9 Å². The quantitative estimate of drug-likeness (QED) is 0.254. The lowest BCUT2D eigenvalue weighted by Crippen LogP contribution is -2.40. The van der Waals surface area contributed by atoms with E-state index in [2.05, 4.69) is 25.5 Å². The summed E-state index contributed by atoms with van der Waals surface area (Å²) >= 11 is 1.50. The molecule has 1 amide bonds. The van der Waals surface area contributed by atoms with Gasteiger partial charge >= 0.3 is 0 Å². The Bertz CT molecular complexity index is 1630. The molecular weight excluding hydrogens is 518 g/mol. The van der Waals surface area contributed by atoms with Crippen molar-refractivity contribution in [2.45, 2.75) is 37.8 Å². The van der Waals surface area contributed by atoms with Crippen LogP contribution in [0.3, 0.4) is 0 Å². The van der Waals surface area contributed by atoms with E-state index in [0.717, 1.165) is 58.5 Å². The van der Waals surface area contributed by atoms with Gasteiger partial charge in [-0.15, -0.1) is 0 Å². The molecule has 5 aromatic rings. The van der Waals surface area contributed by atoms with E-state index in [1.165, 1.54) is 24.2 Å². The highest BCUT2D eigenvalue weighted by atomic mass is 32.1. The zero-order valence-electron chi connectivity index (χ0n) is 22.0. The Morgan fingerprint density at radius 2 is 1.68 bits per heavy atom. The Hall–Kier alpha value is -4.21. The number of anilines is 2. The molecule has 9 heteroatoms. The number of hydrogen-bond donors (Lipinski definition) is 2. The van der Waals surface area contributed by atoms with E-state index < -0.39 is 0 Å². The lowest BCUT2D eigenvalue weighted by atomic mass is 10.0. The fourth-order valence-electron chi connectivity index (χ4n) is 5.26. The third kappa shape index (κ3) is 5.30. The van der Waals surface area contributed by atoms with Gasteiger partial charge in [-0.25, -0.2) is 19.9 Å². The van der Waals surface area contributed by atoms with Crippen LogP contribution in [-0.2, 0) is 0 Å². The molecule has 2 fully saturated rings. The van der Waals surface area contributed by atoms with Crippen molar-refractivity contribution >= 4 is 39.1 Å². The third-order valence-corrected chi connectivity index (χ3v) is 8.52. The van der Waals surface area contributed by atoms with Crippen LogP contribution in [0.5, 0.6) is 0 Å². The first-order valence-corrected chi connectivity index (χ1v) is 14.6. The molecule has 4 heterocycles. The second-order valence-corrected chi connectivity index (χ2v) is 11.3. The molecule has 3 aromatic heterocycles. The van der Waals surface area contributed by atoms with E-state index in [9.17, 15) is 4.79 Å². The summed E-state index contributed by atoms with van der Waals surface area (Å²) in [6.07, 6.45) is 6.56. The summed E-state index contributed by atoms with van der Waals surface area (Å²) < 4.78 is 0. The lowest BCUT2D eigenvalue weighted by Gasteiger charge is -2.32. The minimum Gasteiger partial charge on any atom is -0.367 e. The molecule has 1 saturated carbocycles. The van der Waals surface area contributed by atoms with Crippen LogP contribution in [0.25, 0.3) is 32.3 Å². The van der Waals surface area contributed by atoms with Gasteiger partial charge in [-0.05, 0) is 49.9 Å². The predicted octanol–water partition coefficient (Wildman–Crippen LogP) is 6.11. The minimum atomic E-state index is -0.294. The fourth-order valence-corrected chi connectivity index (χ4v) is 6.21. The number of pyridine rings is 1. The van der Waals surface area contributed by atoms with E-state index in [1.54, 1.807) is 12.3 Å². The maximum Gasteiger partial charge on any atom is 0.274 e. The highest BCUT2D eigenvalue weighted by Gasteiger charge is 2.32. The van der Waals surface area contributed by atoms with E-state index in [4.69, 9.17) is 9.97 Å². The smallest absolute Gasteiger partial charge is 0.274 e. The number of amides is 1. The molecular formula is C31H29N7OS. The number of piperidine rings is 1. The number of thiazole rings is 1. The highest BCUT2D eigenvalue weighted by molar-refractivity contribution is 7.21. The Labute approximate surface area is 236 Å². The number of nitrogens with one attached hydrogen (secondary N) is 2. The number of carbonyl (C=O) groups is 1. The number of aromatic nitrogens is 4. The van der Waals surface area contributed by atoms with Crippen molar-refractivity contribution in [1.29, 1.82) is 0 Å². The first-order chi connectivity index (χ1) is 19.7. The van der Waals surface area contributed by atoms with Gasteiger partial charge in [-0.1, -0.05) is 53.8 Å². The SMILES string of the molecule is O=C(Nc1ccccc1-c1nc2cccnc2s1)c1cc(NC2CCN(C3CC3)CC2)nc(-c2ccccc2)n1. The molecule has 2 aliphatic rings. The van der Waals surface area contributed by atoms with Crippen molar-refractivity contribution in [3.05, 3.63) is 84.7 Å². The Kier molecular flexibility index (Phi) is 6.67. The molecule has 0 spiro atoms. The molecule has 1 aliphatic carbocycles. The number of benzene rings is 2. The highest BCUT2D eigenvalue weighted by Crippen LogP contribution is 2.34. The molecule has 0 radical (unpaired) electrons. The standard InChI is InChI=1S/C31H29N7OS/c39-29(35-24-10-5-4-9-23(24)30-36-25-11-6-16-32-31(25)40-30)26-19-27(37-28(34-26)20-7-2-1-3-8-20)33-21-14-17-38(18-15-21)22-12-13-22/h1-11,16,19,21-22H,12-15,17-18H2,(H,35,39)(H,33,34,37). The maximum absolute atomic E-state index is 13.7. The average molecular weight is 548 g/mol. The van der Waals surface area contributed by atoms with Crippen LogP contribution >= 0.6 is 11.3 Å². The number of likely N-dealkylation sites (tertiary alicyclic amines) is 1. The second-order valence-electron chi connectivity index (χ2n) is 10.4. The number of fused-ring (bicyclic) bond motifs is 1. The van der Waals surface area contributed by atoms with Gasteiger partial charge in [-0.2, -0.15) is 0 Å². The van der Waals surface area contributed by atoms with Crippen LogP contribution in [0.4, 0.5) is 11.5 Å². The van der Waals surface area contributed by atoms with Crippen LogP contribution in [-0.4, -0.2) is 55.9 Å². The van der Waals surface area contributed by atoms with Gasteiger partial charge in [0.2, 0.25) is 0 Å². The molecule has 8 nitrogen and oxygen atoms in total. The van der Waals surface area contributed by atoms with Crippen LogP contribution in [0.1, 0.15) is 36.2 Å². The Morgan fingerprint density at radius 1 is 0.875 bits per heavy atom. The molecule has 2 N–H and O–H groups in total. The van der Waals surface area contributed by atoms with E-state index in [0.29, 0.717) is 29.1 Å². The van der Waals surface area contributed by atoms with Gasteiger partial charge in [0, 0.05) is 48.6 Å². The molecule has 200 valence electrons. The van der Waals surface area contributed by atoms with Crippen molar-refractivity contribution in [1.82, 2.24) is 24.8 Å². The monoisotopic (exact) mass is 547 g/mol. The molecule has 7 rings (SSSR count). The number of para-hydroxylation sites is 1. The van der Waals surface area contributed by atoms with Gasteiger partial charge in [-0.3, -0.25) is 4.79 Å². The normalized spacial score (nSPS) is 16.2. The molecule has 0 unspecified atom stereocenters. The summed E-state index contributed by atoms with van der Waals surface area (Å²) in [6, 6.07) is 24.2. The molecule has 1 saturated heterocycles. The Balaban J connectivity index is 1.17. The fraction of sp³-hybridized carbons (Fsp3) is 0.258. The average Bonchev–Trinajstić information content (AvgIpc) is 3.76. The van der Waals surface area contributed by atoms with Crippen molar-refractivity contribution in [2.75, 3.05) is 23.7 Å². The Morgan fingerprint density at radius 3 is 2.48 bits per heavy atom. The number of rotatable bonds is 7. The van der Waals surface area contributed by atoms with Gasteiger partial charge < -0.3 is 15.5 Å². The summed E-state index contributed by atoms with van der Waals surface area (Å²) in [4.78, 5) is 35.8. The van der Waals surface area contributed by atoms with Crippen LogP contribution in [0.2, 0.25) is 0 Å². The van der Waals surface area contributed by atoms with Crippen LogP contribution < -0.4 is 10.6 Å². The molecule has 1 aliphatic heterocycles. The van der Waals surface area contributed by atoms with Gasteiger partial charge in [0.15, 0.2) is 5.82 Å². The maximum atomic E-state index is 13.7. The van der Waals surface area contributed by atoms with E-state index in [1.807, 2.05) is 66.7 Å². The largest absolute Gasteiger partial charge is 0.367 e. The summed E-state index contributed by atoms with van der Waals surface area (Å²) in [7, 11) is 0. The van der Waals surface area contributed by atoms with Gasteiger partial charge in [0.05, 0.1) is 5.69 Å². The molecule has 2 aromatic carbocycles. The van der Waals surface area contributed by atoms with Crippen LogP contribution in [0, 0.1) is 0 Å². The zero-order valence-corrected chi connectivity index (χ0v) is 22.8. The second kappa shape index (κ2) is 10.7. The van der Waals surface area contributed by atoms with E-state index in [-0.39, 0.29) is 5.91 Å². The summed E-state index contributed by atoms with van der Waals surface area (Å²) in [5.74, 6) is 0.906. The van der Waals surface area contributed by atoms with Gasteiger partial charge in [0.25, 0.3) is 5.91 Å². The first kappa shape index (κ1) is 24.8. The van der Waals surface area contributed by atoms with Crippen LogP contribution in [0.15, 0.2) is 79.0 Å². The topological polar surface area (TPSA) is 95.9 Å². The van der Waals surface area contributed by atoms with Crippen molar-refractivity contribution in [2.24, 2.45) is 0 Å². The first-order valence-electron chi connectivity index (χ1n) is 13.8. The molecule has 40 heavy (non-hydrogen) atoms. The summed E-state index contributed by atoms with van der Waals surface area (Å²) in [5, 5.41) is 7.50. The third-order valence-electron chi connectivity index (χ3n) is 7.51. The van der Waals surface area contributed by atoms with Crippen molar-refractivity contribution in [3.8, 4) is 22.0 Å². The zero-order chi connectivity index (χ0) is 26.9. The molecule has 0 bridgehead atoms. The summed E-state index contributed by atoms with van der Waals surface area (Å²) in [6.45, 7) is 2.20.